The summed E-state index contributed by atoms with van der Waals surface area (Å²) in [5.74, 6) is -0.767. The molecule has 0 aromatic carbocycles. The molecule has 0 saturated heterocycles. The van der Waals surface area contributed by atoms with Crippen molar-refractivity contribution in [3.05, 3.63) is 0 Å². The zero-order valence-electron chi connectivity index (χ0n) is 6.56. The van der Waals surface area contributed by atoms with E-state index in [1.807, 2.05) is 0 Å². The number of nitrogens with zero attached hydrogens (tertiary/aromatic N) is 2. The lowest BCUT2D eigenvalue weighted by atomic mass is 10.1. The minimum absolute atomic E-state index is 0.693. The Morgan fingerprint density at radius 2 is 2.00 bits per heavy atom. The molecule has 0 radical (unpaired) electrons. The zero-order chi connectivity index (χ0) is 9.52. The summed E-state index contributed by atoms with van der Waals surface area (Å²) in [6, 6.07) is 0. The van der Waals surface area contributed by atoms with E-state index in [4.69, 9.17) is 11.6 Å². The number of hydrogen-bond donors (Lipinski definition) is 0. The Morgan fingerprint density at radius 3 is 2.17 bits per heavy atom. The van der Waals surface area contributed by atoms with E-state index in [-0.39, 0.29) is 0 Å². The SMILES string of the molecule is CC1C(C(F)(F)F)=NN(C)C1Cl. The van der Waals surface area contributed by atoms with Crippen molar-refractivity contribution < 1.29 is 13.2 Å². The minimum atomic E-state index is -4.36. The van der Waals surface area contributed by atoms with Crippen LogP contribution in [0.25, 0.3) is 0 Å². The van der Waals surface area contributed by atoms with Crippen LogP contribution >= 0.6 is 11.6 Å². The molecule has 0 spiro atoms. The number of rotatable bonds is 0. The molecule has 2 atom stereocenters. The standard InChI is InChI=1S/C6H8ClF3N2/c1-3-4(6(8,9)10)11-12(2)5(3)7/h3,5H,1-2H3. The second-order valence-electron chi connectivity index (χ2n) is 2.72. The number of hydrogen-bond acceptors (Lipinski definition) is 2. The Hall–Kier alpha value is -0.450. The highest BCUT2D eigenvalue weighted by atomic mass is 35.5. The summed E-state index contributed by atoms with van der Waals surface area (Å²) in [7, 11) is 1.42. The summed E-state index contributed by atoms with van der Waals surface area (Å²) in [6.07, 6.45) is -4.36. The van der Waals surface area contributed by atoms with E-state index in [1.54, 1.807) is 0 Å². The van der Waals surface area contributed by atoms with Gasteiger partial charge in [0.2, 0.25) is 0 Å². The number of halogens is 4. The molecule has 12 heavy (non-hydrogen) atoms. The van der Waals surface area contributed by atoms with Crippen LogP contribution in [0.15, 0.2) is 5.10 Å². The van der Waals surface area contributed by atoms with Gasteiger partial charge in [0.1, 0.15) is 11.2 Å². The summed E-state index contributed by atoms with van der Waals surface area (Å²) in [6.45, 7) is 1.41. The van der Waals surface area contributed by atoms with E-state index in [9.17, 15) is 13.2 Å². The van der Waals surface area contributed by atoms with E-state index in [1.165, 1.54) is 14.0 Å². The third kappa shape index (κ3) is 1.50. The van der Waals surface area contributed by atoms with Crippen molar-refractivity contribution in [3.8, 4) is 0 Å². The number of hydrazone groups is 1. The third-order valence-corrected chi connectivity index (χ3v) is 2.42. The molecule has 0 aromatic rings. The molecule has 1 heterocycles. The summed E-state index contributed by atoms with van der Waals surface area (Å²) in [5, 5.41) is 4.43. The van der Waals surface area contributed by atoms with Crippen LogP contribution in [-0.2, 0) is 0 Å². The first-order valence-corrected chi connectivity index (χ1v) is 3.80. The molecule has 0 aliphatic carbocycles. The van der Waals surface area contributed by atoms with Gasteiger partial charge < -0.3 is 0 Å². The van der Waals surface area contributed by atoms with Gasteiger partial charge in [0.25, 0.3) is 0 Å². The second kappa shape index (κ2) is 2.80. The summed E-state index contributed by atoms with van der Waals surface area (Å²) < 4.78 is 36.4. The molecular weight excluding hydrogens is 193 g/mol. The molecule has 2 unspecified atom stereocenters. The predicted molar refractivity (Wildman–Crippen MR) is 40.1 cm³/mol. The fourth-order valence-corrected chi connectivity index (χ4v) is 1.25. The van der Waals surface area contributed by atoms with E-state index in [0.29, 0.717) is 0 Å². The second-order valence-corrected chi connectivity index (χ2v) is 3.17. The van der Waals surface area contributed by atoms with Gasteiger partial charge in [-0.25, -0.2) is 0 Å². The highest BCUT2D eigenvalue weighted by molar-refractivity contribution is 6.23. The van der Waals surface area contributed by atoms with Crippen LogP contribution in [0.1, 0.15) is 6.92 Å². The Balaban J connectivity index is 2.87. The van der Waals surface area contributed by atoms with Crippen molar-refractivity contribution in [1.29, 1.82) is 0 Å². The Kier molecular flexibility index (Phi) is 2.25. The van der Waals surface area contributed by atoms with Crippen LogP contribution in [0.5, 0.6) is 0 Å². The van der Waals surface area contributed by atoms with Crippen LogP contribution in [0.4, 0.5) is 13.2 Å². The van der Waals surface area contributed by atoms with E-state index in [2.05, 4.69) is 5.10 Å². The summed E-state index contributed by atoms with van der Waals surface area (Å²) >= 11 is 5.63. The number of alkyl halides is 4. The highest BCUT2D eigenvalue weighted by Crippen LogP contribution is 2.32. The molecule has 0 aromatic heterocycles. The van der Waals surface area contributed by atoms with Crippen LogP contribution in [0, 0.1) is 5.92 Å². The van der Waals surface area contributed by atoms with Gasteiger partial charge in [-0.1, -0.05) is 18.5 Å². The first kappa shape index (κ1) is 9.64. The van der Waals surface area contributed by atoms with Crippen molar-refractivity contribution in [2.75, 3.05) is 7.05 Å². The lowest BCUT2D eigenvalue weighted by Gasteiger charge is -2.15. The van der Waals surface area contributed by atoms with E-state index in [0.717, 1.165) is 5.01 Å². The Labute approximate surface area is 73.0 Å². The van der Waals surface area contributed by atoms with Crippen molar-refractivity contribution in [2.45, 2.75) is 18.6 Å². The lowest BCUT2D eigenvalue weighted by molar-refractivity contribution is -0.0618. The molecule has 0 saturated carbocycles. The average Bonchev–Trinajstić information content (AvgIpc) is 2.15. The van der Waals surface area contributed by atoms with Crippen LogP contribution < -0.4 is 0 Å². The van der Waals surface area contributed by atoms with Gasteiger partial charge >= 0.3 is 6.18 Å². The van der Waals surface area contributed by atoms with Crippen LogP contribution in [0.2, 0.25) is 0 Å². The van der Waals surface area contributed by atoms with Gasteiger partial charge in [-0.2, -0.15) is 18.3 Å². The topological polar surface area (TPSA) is 15.6 Å². The normalized spacial score (nSPS) is 30.8. The quantitative estimate of drug-likeness (QED) is 0.432. The average molecular weight is 201 g/mol. The van der Waals surface area contributed by atoms with Gasteiger partial charge in [-0.15, -0.1) is 0 Å². The zero-order valence-corrected chi connectivity index (χ0v) is 7.32. The minimum Gasteiger partial charge on any atom is -0.281 e. The maximum atomic E-state index is 12.1. The molecule has 1 aliphatic heterocycles. The lowest BCUT2D eigenvalue weighted by Crippen LogP contribution is -2.30. The van der Waals surface area contributed by atoms with Crippen LogP contribution in [0.3, 0.4) is 0 Å². The predicted octanol–water partition coefficient (Wildman–Crippen LogP) is 2.05. The molecule has 70 valence electrons. The van der Waals surface area contributed by atoms with E-state index >= 15 is 0 Å². The molecule has 0 bridgehead atoms. The first-order chi connectivity index (χ1) is 5.34. The molecule has 2 nitrogen and oxygen atoms in total. The van der Waals surface area contributed by atoms with Crippen molar-refractivity contribution in [3.63, 3.8) is 0 Å². The highest BCUT2D eigenvalue weighted by Gasteiger charge is 2.46. The molecule has 1 aliphatic rings. The van der Waals surface area contributed by atoms with Gasteiger partial charge in [0, 0.05) is 13.0 Å². The molecular formula is C6H8ClF3N2. The third-order valence-electron chi connectivity index (χ3n) is 1.76. The van der Waals surface area contributed by atoms with Gasteiger partial charge in [0.15, 0.2) is 0 Å². The van der Waals surface area contributed by atoms with Gasteiger partial charge in [-0.05, 0) is 0 Å². The fraction of sp³-hybridized carbons (Fsp3) is 0.833. The van der Waals surface area contributed by atoms with Crippen LogP contribution in [-0.4, -0.2) is 29.4 Å². The molecule has 0 N–H and O–H groups in total. The van der Waals surface area contributed by atoms with Crippen molar-refractivity contribution >= 4 is 17.3 Å². The monoisotopic (exact) mass is 200 g/mol. The van der Waals surface area contributed by atoms with Crippen molar-refractivity contribution in [2.24, 2.45) is 11.0 Å². The van der Waals surface area contributed by atoms with E-state index < -0.39 is 23.3 Å². The fourth-order valence-electron chi connectivity index (χ4n) is 1.08. The molecule has 0 fully saturated rings. The smallest absolute Gasteiger partial charge is 0.281 e. The Bertz CT molecular complexity index is 213. The van der Waals surface area contributed by atoms with Gasteiger partial charge in [-0.3, -0.25) is 5.01 Å². The largest absolute Gasteiger partial charge is 0.431 e. The summed E-state index contributed by atoms with van der Waals surface area (Å²) in [4.78, 5) is 0. The van der Waals surface area contributed by atoms with Crippen molar-refractivity contribution in [1.82, 2.24) is 5.01 Å². The Morgan fingerprint density at radius 1 is 1.50 bits per heavy atom. The van der Waals surface area contributed by atoms with Gasteiger partial charge in [0.05, 0.1) is 0 Å². The maximum absolute atomic E-state index is 12.1. The summed E-state index contributed by atoms with van der Waals surface area (Å²) in [5.41, 5.74) is -1.49. The molecule has 1 rings (SSSR count). The molecule has 6 heteroatoms. The molecule has 0 amide bonds. The maximum Gasteiger partial charge on any atom is 0.431 e. The first-order valence-electron chi connectivity index (χ1n) is 3.36.